The number of carbonyl (C=O) groups excluding carboxylic acids is 4. The van der Waals surface area contributed by atoms with Gasteiger partial charge in [-0.1, -0.05) is 24.3 Å². The first-order valence-electron chi connectivity index (χ1n) is 10.4. The molecular formula is C23H26N4O5. The van der Waals surface area contributed by atoms with E-state index >= 15 is 0 Å². The molecule has 1 aliphatic heterocycles. The summed E-state index contributed by atoms with van der Waals surface area (Å²) in [4.78, 5) is 50.4. The molecule has 4 amide bonds. The summed E-state index contributed by atoms with van der Waals surface area (Å²) in [6.45, 7) is 2.63. The van der Waals surface area contributed by atoms with Crippen LogP contribution >= 0.6 is 0 Å². The van der Waals surface area contributed by atoms with Crippen molar-refractivity contribution in [2.24, 2.45) is 11.7 Å². The van der Waals surface area contributed by atoms with Gasteiger partial charge in [-0.3, -0.25) is 19.2 Å². The highest BCUT2D eigenvalue weighted by Gasteiger charge is 2.36. The fraction of sp³-hybridized carbons (Fsp3) is 0.304. The second kappa shape index (κ2) is 10.4. The summed E-state index contributed by atoms with van der Waals surface area (Å²) in [5.41, 5.74) is 6.30. The predicted molar refractivity (Wildman–Crippen MR) is 119 cm³/mol. The monoisotopic (exact) mass is 438 g/mol. The van der Waals surface area contributed by atoms with E-state index in [-0.39, 0.29) is 43.3 Å². The number of anilines is 2. The van der Waals surface area contributed by atoms with Gasteiger partial charge >= 0.3 is 0 Å². The molecular weight excluding hydrogens is 412 g/mol. The van der Waals surface area contributed by atoms with E-state index in [1.54, 1.807) is 41.3 Å². The van der Waals surface area contributed by atoms with E-state index in [9.17, 15) is 19.2 Å². The van der Waals surface area contributed by atoms with Crippen LogP contribution in [-0.4, -0.2) is 43.3 Å². The first-order valence-corrected chi connectivity index (χ1v) is 10.4. The molecule has 168 valence electrons. The van der Waals surface area contributed by atoms with Gasteiger partial charge in [-0.25, -0.2) is 0 Å². The zero-order valence-electron chi connectivity index (χ0n) is 17.8. The van der Waals surface area contributed by atoms with Gasteiger partial charge in [0, 0.05) is 25.9 Å². The molecule has 2 aromatic carbocycles. The predicted octanol–water partition coefficient (Wildman–Crippen LogP) is 1.68. The maximum atomic E-state index is 12.9. The van der Waals surface area contributed by atoms with Gasteiger partial charge in [0.1, 0.15) is 5.75 Å². The number of rotatable bonds is 9. The van der Waals surface area contributed by atoms with E-state index < -0.39 is 17.7 Å². The van der Waals surface area contributed by atoms with Crippen molar-refractivity contribution < 1.29 is 23.9 Å². The topological polar surface area (TPSA) is 131 Å². The van der Waals surface area contributed by atoms with E-state index in [0.29, 0.717) is 23.7 Å². The summed E-state index contributed by atoms with van der Waals surface area (Å²) in [5, 5.41) is 5.36. The standard InChI is InChI=1S/C23H26N4O5/c1-2-32-19-10-6-5-9-18(19)27-14-15(13-21(27)29)22(30)26-17-8-4-3-7-16(17)23(31)25-12-11-20(24)28/h3-10,15H,2,11-14H2,1H3,(H2,24,28)(H,25,31)(H,26,30). The maximum absolute atomic E-state index is 12.9. The molecule has 32 heavy (non-hydrogen) atoms. The number of nitrogens with zero attached hydrogens (tertiary/aromatic N) is 1. The van der Waals surface area contributed by atoms with E-state index in [2.05, 4.69) is 10.6 Å². The Bertz CT molecular complexity index is 1020. The number of amides is 4. The molecule has 0 aliphatic carbocycles. The Balaban J connectivity index is 1.69. The molecule has 1 fully saturated rings. The summed E-state index contributed by atoms with van der Waals surface area (Å²) in [5.74, 6) is -1.47. The Hall–Kier alpha value is -3.88. The van der Waals surface area contributed by atoms with Crippen molar-refractivity contribution in [1.82, 2.24) is 5.32 Å². The number of nitrogens with one attached hydrogen (secondary N) is 2. The molecule has 0 saturated carbocycles. The quantitative estimate of drug-likeness (QED) is 0.548. The van der Waals surface area contributed by atoms with Gasteiger partial charge in [-0.15, -0.1) is 0 Å². The van der Waals surface area contributed by atoms with E-state index in [0.717, 1.165) is 0 Å². The molecule has 2 aromatic rings. The SMILES string of the molecule is CCOc1ccccc1N1CC(C(=O)Nc2ccccc2C(=O)NCCC(N)=O)CC1=O. The molecule has 9 heteroatoms. The minimum atomic E-state index is -0.580. The minimum Gasteiger partial charge on any atom is -0.492 e. The largest absolute Gasteiger partial charge is 0.492 e. The van der Waals surface area contributed by atoms with Gasteiger partial charge in [0.25, 0.3) is 5.91 Å². The lowest BCUT2D eigenvalue weighted by molar-refractivity contribution is -0.122. The van der Waals surface area contributed by atoms with Crippen LogP contribution in [0.4, 0.5) is 11.4 Å². The van der Waals surface area contributed by atoms with Crippen molar-refractivity contribution in [1.29, 1.82) is 0 Å². The molecule has 0 radical (unpaired) electrons. The van der Waals surface area contributed by atoms with Crippen LogP contribution in [0.3, 0.4) is 0 Å². The Morgan fingerprint density at radius 1 is 1.12 bits per heavy atom. The summed E-state index contributed by atoms with van der Waals surface area (Å²) < 4.78 is 5.61. The number of hydrogen-bond donors (Lipinski definition) is 3. The van der Waals surface area contributed by atoms with Crippen LogP contribution in [0, 0.1) is 5.92 Å². The van der Waals surface area contributed by atoms with Crippen molar-refractivity contribution in [2.45, 2.75) is 19.8 Å². The second-order valence-electron chi connectivity index (χ2n) is 7.31. The van der Waals surface area contributed by atoms with Gasteiger partial charge in [0.15, 0.2) is 0 Å². The maximum Gasteiger partial charge on any atom is 0.253 e. The number of hydrogen-bond acceptors (Lipinski definition) is 5. The van der Waals surface area contributed by atoms with Crippen LogP contribution in [0.25, 0.3) is 0 Å². The Labute approximate surface area is 185 Å². The number of nitrogens with two attached hydrogens (primary N) is 1. The zero-order chi connectivity index (χ0) is 23.1. The first-order chi connectivity index (χ1) is 15.4. The lowest BCUT2D eigenvalue weighted by Crippen LogP contribution is -2.30. The molecule has 0 spiro atoms. The smallest absolute Gasteiger partial charge is 0.253 e. The Kier molecular flexibility index (Phi) is 7.43. The highest BCUT2D eigenvalue weighted by Crippen LogP contribution is 2.33. The summed E-state index contributed by atoms with van der Waals surface area (Å²) in [6, 6.07) is 13.8. The van der Waals surface area contributed by atoms with Gasteiger partial charge in [0.05, 0.1) is 29.5 Å². The van der Waals surface area contributed by atoms with Crippen molar-refractivity contribution in [3.05, 3.63) is 54.1 Å². The Morgan fingerprint density at radius 2 is 1.84 bits per heavy atom. The number of carbonyl (C=O) groups is 4. The summed E-state index contributed by atoms with van der Waals surface area (Å²) in [7, 11) is 0. The Morgan fingerprint density at radius 3 is 2.59 bits per heavy atom. The van der Waals surface area contributed by atoms with Gasteiger partial charge in [0.2, 0.25) is 17.7 Å². The molecule has 1 heterocycles. The highest BCUT2D eigenvalue weighted by atomic mass is 16.5. The zero-order valence-corrected chi connectivity index (χ0v) is 17.8. The number of ether oxygens (including phenoxy) is 1. The lowest BCUT2D eigenvalue weighted by atomic mass is 10.1. The third-order valence-corrected chi connectivity index (χ3v) is 5.04. The molecule has 0 bridgehead atoms. The fourth-order valence-electron chi connectivity index (χ4n) is 3.49. The molecule has 3 rings (SSSR count). The van der Waals surface area contributed by atoms with Crippen molar-refractivity contribution in [2.75, 3.05) is 29.9 Å². The number of para-hydroxylation sites is 3. The normalized spacial score (nSPS) is 15.3. The highest BCUT2D eigenvalue weighted by molar-refractivity contribution is 6.07. The van der Waals surface area contributed by atoms with Crippen molar-refractivity contribution in [3.63, 3.8) is 0 Å². The summed E-state index contributed by atoms with van der Waals surface area (Å²) in [6.07, 6.45) is 0.0722. The molecule has 1 atom stereocenters. The van der Waals surface area contributed by atoms with Gasteiger partial charge in [-0.05, 0) is 31.2 Å². The van der Waals surface area contributed by atoms with Crippen LogP contribution < -0.4 is 26.0 Å². The lowest BCUT2D eigenvalue weighted by Gasteiger charge is -2.20. The van der Waals surface area contributed by atoms with Crippen LogP contribution in [0.2, 0.25) is 0 Å². The van der Waals surface area contributed by atoms with Crippen LogP contribution in [0.15, 0.2) is 48.5 Å². The third-order valence-electron chi connectivity index (χ3n) is 5.04. The molecule has 4 N–H and O–H groups in total. The van der Waals surface area contributed by atoms with E-state index in [1.807, 2.05) is 19.1 Å². The number of primary amides is 1. The van der Waals surface area contributed by atoms with Crippen LogP contribution in [0.1, 0.15) is 30.1 Å². The third kappa shape index (κ3) is 5.42. The molecule has 0 aromatic heterocycles. The molecule has 9 nitrogen and oxygen atoms in total. The molecule has 1 unspecified atom stereocenters. The molecule has 1 aliphatic rings. The fourth-order valence-corrected chi connectivity index (χ4v) is 3.49. The van der Waals surface area contributed by atoms with Crippen LogP contribution in [-0.2, 0) is 14.4 Å². The van der Waals surface area contributed by atoms with Crippen LogP contribution in [0.5, 0.6) is 5.75 Å². The van der Waals surface area contributed by atoms with E-state index in [1.165, 1.54) is 0 Å². The average molecular weight is 438 g/mol. The number of benzene rings is 2. The first kappa shape index (κ1) is 22.8. The van der Waals surface area contributed by atoms with Gasteiger partial charge < -0.3 is 26.0 Å². The van der Waals surface area contributed by atoms with Crippen molar-refractivity contribution in [3.8, 4) is 5.75 Å². The summed E-state index contributed by atoms with van der Waals surface area (Å²) >= 11 is 0. The second-order valence-corrected chi connectivity index (χ2v) is 7.31. The molecule has 1 saturated heterocycles. The van der Waals surface area contributed by atoms with Gasteiger partial charge in [-0.2, -0.15) is 0 Å². The van der Waals surface area contributed by atoms with E-state index in [4.69, 9.17) is 10.5 Å². The average Bonchev–Trinajstić information content (AvgIpc) is 3.16. The van der Waals surface area contributed by atoms with Crippen molar-refractivity contribution >= 4 is 35.0 Å². The minimum absolute atomic E-state index is 0.0174.